The van der Waals surface area contributed by atoms with Gasteiger partial charge in [0.15, 0.2) is 5.82 Å². The Balaban J connectivity index is 1.66. The Labute approximate surface area is 235 Å². The zero-order chi connectivity index (χ0) is 27.2. The quantitative estimate of drug-likeness (QED) is 0.177. The van der Waals surface area contributed by atoms with Gasteiger partial charge in [0.1, 0.15) is 22.1 Å². The molecule has 2 N–H and O–H groups in total. The lowest BCUT2D eigenvalue weighted by atomic mass is 9.77. The molecule has 5 aromatic rings. The summed E-state index contributed by atoms with van der Waals surface area (Å²) in [6.45, 7) is 1.55. The van der Waals surface area contributed by atoms with E-state index in [9.17, 15) is 9.50 Å². The maximum Gasteiger partial charge on any atom is 0.259 e. The molecule has 5 rings (SSSR count). The predicted octanol–water partition coefficient (Wildman–Crippen LogP) is 7.41. The Morgan fingerprint density at radius 1 is 0.872 bits per heavy atom. The Kier molecular flexibility index (Phi) is 8.00. The zero-order valence-electron chi connectivity index (χ0n) is 21.3. The Hall–Kier alpha value is -4.07. The number of rotatable bonds is 9. The van der Waals surface area contributed by atoms with Crippen molar-refractivity contribution in [3.63, 3.8) is 0 Å². The van der Waals surface area contributed by atoms with Gasteiger partial charge in [0, 0.05) is 5.56 Å². The second-order valence-corrected chi connectivity index (χ2v) is 9.89. The second-order valence-electron chi connectivity index (χ2n) is 9.08. The van der Waals surface area contributed by atoms with E-state index >= 15 is 0 Å². The number of hydrogen-bond acceptors (Lipinski definition) is 5. The van der Waals surface area contributed by atoms with E-state index in [1.165, 1.54) is 12.1 Å². The van der Waals surface area contributed by atoms with Gasteiger partial charge in [0.05, 0.1) is 12.8 Å². The lowest BCUT2D eigenvalue weighted by Crippen LogP contribution is -2.38. The van der Waals surface area contributed by atoms with E-state index in [0.717, 1.165) is 16.7 Å². The molecule has 0 bridgehead atoms. The van der Waals surface area contributed by atoms with Crippen molar-refractivity contribution in [2.24, 2.45) is 0 Å². The van der Waals surface area contributed by atoms with Gasteiger partial charge in [-0.05, 0) is 57.2 Å². The largest absolute Gasteiger partial charge is 0.467 e. The van der Waals surface area contributed by atoms with Crippen molar-refractivity contribution in [1.82, 2.24) is 9.97 Å². The van der Waals surface area contributed by atoms with Gasteiger partial charge in [-0.1, -0.05) is 97.1 Å². The highest BCUT2D eigenvalue weighted by molar-refractivity contribution is 9.10. The Morgan fingerprint density at radius 2 is 1.41 bits per heavy atom. The number of hydrogen-bond donors (Lipinski definition) is 2. The summed E-state index contributed by atoms with van der Waals surface area (Å²) in [7, 11) is 0. The summed E-state index contributed by atoms with van der Waals surface area (Å²) < 4.78 is 20.9. The molecule has 196 valence electrons. The molecule has 0 fully saturated rings. The van der Waals surface area contributed by atoms with E-state index in [-0.39, 0.29) is 12.5 Å². The number of halogens is 2. The van der Waals surface area contributed by atoms with Crippen LogP contribution >= 0.6 is 15.9 Å². The number of nitrogens with one attached hydrogen (secondary N) is 1. The number of nitrogens with zero attached hydrogens (tertiary/aromatic N) is 2. The minimum absolute atomic E-state index is 0.234. The molecule has 0 aliphatic carbocycles. The van der Waals surface area contributed by atoms with Gasteiger partial charge in [-0.3, -0.25) is 0 Å². The van der Waals surface area contributed by atoms with Crippen LogP contribution in [0.3, 0.4) is 0 Å². The van der Waals surface area contributed by atoms with Gasteiger partial charge >= 0.3 is 0 Å². The summed E-state index contributed by atoms with van der Waals surface area (Å²) in [4.78, 5) is 9.27. The molecule has 0 saturated heterocycles. The molecular weight excluding hydrogens is 557 g/mol. The smallest absolute Gasteiger partial charge is 0.259 e. The van der Waals surface area contributed by atoms with Crippen molar-refractivity contribution in [3.8, 4) is 5.88 Å². The van der Waals surface area contributed by atoms with Crippen molar-refractivity contribution in [2.75, 3.05) is 5.32 Å². The first-order valence-electron chi connectivity index (χ1n) is 12.5. The number of anilines is 1. The van der Waals surface area contributed by atoms with Crippen molar-refractivity contribution in [3.05, 3.63) is 154 Å². The lowest BCUT2D eigenvalue weighted by molar-refractivity contribution is 0.210. The first-order chi connectivity index (χ1) is 19.0. The fraction of sp³-hybridized carbons (Fsp3) is 0.125. The van der Waals surface area contributed by atoms with Crippen molar-refractivity contribution in [2.45, 2.75) is 25.2 Å². The average molecular weight is 584 g/mol. The molecule has 5 nitrogen and oxygen atoms in total. The monoisotopic (exact) mass is 583 g/mol. The minimum Gasteiger partial charge on any atom is -0.467 e. The van der Waals surface area contributed by atoms with Crippen LogP contribution in [0.4, 0.5) is 10.2 Å². The van der Waals surface area contributed by atoms with Crippen LogP contribution in [0.1, 0.15) is 40.8 Å². The molecule has 1 unspecified atom stereocenters. The Morgan fingerprint density at radius 3 is 1.92 bits per heavy atom. The van der Waals surface area contributed by atoms with E-state index in [0.29, 0.717) is 21.5 Å². The molecule has 0 saturated carbocycles. The maximum atomic E-state index is 14.1. The molecule has 0 radical (unpaired) electrons. The molecule has 4 aromatic carbocycles. The number of aliphatic hydroxyl groups excluding tert-OH is 1. The highest BCUT2D eigenvalue weighted by Crippen LogP contribution is 2.42. The molecular formula is C32H27BrFN3O2. The fourth-order valence-corrected chi connectivity index (χ4v) is 5.06. The van der Waals surface area contributed by atoms with Gasteiger partial charge in [-0.15, -0.1) is 0 Å². The van der Waals surface area contributed by atoms with E-state index < -0.39 is 17.5 Å². The van der Waals surface area contributed by atoms with Crippen LogP contribution in [0, 0.1) is 5.82 Å². The molecule has 0 amide bonds. The number of aliphatic hydroxyl groups is 1. The summed E-state index contributed by atoms with van der Waals surface area (Å²) in [5.41, 5.74) is 3.26. The normalized spacial score (nSPS) is 12.1. The second kappa shape index (κ2) is 11.8. The molecule has 0 aliphatic rings. The van der Waals surface area contributed by atoms with Crippen molar-refractivity contribution in [1.29, 1.82) is 0 Å². The van der Waals surface area contributed by atoms with Crippen LogP contribution < -0.4 is 10.1 Å². The summed E-state index contributed by atoms with van der Waals surface area (Å²) in [6, 6.07) is 34.7. The highest BCUT2D eigenvalue weighted by Gasteiger charge is 2.38. The molecule has 0 aliphatic heterocycles. The van der Waals surface area contributed by atoms with Gasteiger partial charge < -0.3 is 15.2 Å². The summed E-state index contributed by atoms with van der Waals surface area (Å²) in [5.74, 6) is 0.230. The third kappa shape index (κ3) is 5.55. The molecule has 1 heterocycles. The first-order valence-corrected chi connectivity index (χ1v) is 13.3. The van der Waals surface area contributed by atoms with Gasteiger partial charge in [-0.2, -0.15) is 0 Å². The number of benzene rings is 4. The third-order valence-electron chi connectivity index (χ3n) is 6.64. The Bertz CT molecular complexity index is 1440. The van der Waals surface area contributed by atoms with E-state index in [1.807, 2.05) is 54.6 Å². The van der Waals surface area contributed by atoms with E-state index in [4.69, 9.17) is 4.74 Å². The van der Waals surface area contributed by atoms with Crippen LogP contribution in [0.2, 0.25) is 0 Å². The van der Waals surface area contributed by atoms with Gasteiger partial charge in [0.2, 0.25) is 0 Å². The fourth-order valence-electron chi connectivity index (χ4n) is 4.80. The topological polar surface area (TPSA) is 67.3 Å². The van der Waals surface area contributed by atoms with Gasteiger partial charge in [0.25, 0.3) is 5.88 Å². The summed E-state index contributed by atoms with van der Waals surface area (Å²) >= 11 is 3.42. The predicted molar refractivity (Wildman–Crippen MR) is 154 cm³/mol. The van der Waals surface area contributed by atoms with Crippen LogP contribution in [0.5, 0.6) is 5.88 Å². The van der Waals surface area contributed by atoms with Crippen molar-refractivity contribution < 1.29 is 14.2 Å². The number of aromatic nitrogens is 2. The molecule has 1 atom stereocenters. The van der Waals surface area contributed by atoms with E-state index in [1.54, 1.807) is 19.2 Å². The average Bonchev–Trinajstić information content (AvgIpc) is 2.98. The van der Waals surface area contributed by atoms with E-state index in [2.05, 4.69) is 67.6 Å². The van der Waals surface area contributed by atoms with Crippen LogP contribution in [-0.2, 0) is 12.1 Å². The molecule has 1 aromatic heterocycles. The minimum atomic E-state index is -0.844. The summed E-state index contributed by atoms with van der Waals surface area (Å²) in [6.07, 6.45) is 0.985. The summed E-state index contributed by atoms with van der Waals surface area (Å²) in [5, 5.41) is 13.5. The third-order valence-corrected chi connectivity index (χ3v) is 7.02. The van der Waals surface area contributed by atoms with Crippen LogP contribution in [0.15, 0.2) is 120 Å². The SMILES string of the molecule is CC(Oc1nc(Br)cnc1NC(c1ccccc1)(c1ccccc1)c1ccccc1)c1cc(F)ccc1CO. The van der Waals surface area contributed by atoms with Crippen LogP contribution in [-0.4, -0.2) is 15.1 Å². The highest BCUT2D eigenvalue weighted by atomic mass is 79.9. The van der Waals surface area contributed by atoms with Gasteiger partial charge in [-0.25, -0.2) is 14.4 Å². The van der Waals surface area contributed by atoms with Crippen LogP contribution in [0.25, 0.3) is 0 Å². The van der Waals surface area contributed by atoms with Crippen molar-refractivity contribution >= 4 is 21.7 Å². The zero-order valence-corrected chi connectivity index (χ0v) is 22.8. The standard InChI is InChI=1S/C32H27BrFN3O2/c1-22(28-19-27(34)18-17-23(28)21-38)39-31-30(35-20-29(33)36-31)37-32(24-11-5-2-6-12-24,25-13-7-3-8-14-25)26-15-9-4-10-16-26/h2-20,22,38H,21H2,1H3,(H,35,37). The maximum absolute atomic E-state index is 14.1. The lowest BCUT2D eigenvalue weighted by Gasteiger charge is -2.37. The first kappa shape index (κ1) is 26.5. The molecule has 39 heavy (non-hydrogen) atoms. The number of ether oxygens (including phenoxy) is 1. The molecule has 0 spiro atoms. The molecule has 7 heteroatoms.